The van der Waals surface area contributed by atoms with Gasteiger partial charge in [0.25, 0.3) is 5.91 Å². The first-order valence-electron chi connectivity index (χ1n) is 5.38. The minimum absolute atomic E-state index is 0.0665. The monoisotopic (exact) mass is 251 g/mol. The molecule has 96 valence electrons. The molecule has 0 radical (unpaired) electrons. The molecule has 1 amide bonds. The lowest BCUT2D eigenvalue weighted by Gasteiger charge is -2.20. The maximum Gasteiger partial charge on any atom is 0.325 e. The van der Waals surface area contributed by atoms with E-state index in [1.165, 1.54) is 17.2 Å². The summed E-state index contributed by atoms with van der Waals surface area (Å²) in [5.74, 6) is -1.80. The van der Waals surface area contributed by atoms with Crippen LogP contribution in [0.15, 0.2) is 18.5 Å². The van der Waals surface area contributed by atoms with Gasteiger partial charge in [0.15, 0.2) is 0 Å². The number of aromatic nitrogens is 1. The van der Waals surface area contributed by atoms with E-state index in [0.29, 0.717) is 0 Å². The maximum absolute atomic E-state index is 12.1. The molecule has 0 spiro atoms. The lowest BCUT2D eigenvalue weighted by atomic mass is 10.0. The van der Waals surface area contributed by atoms with Crippen molar-refractivity contribution in [2.45, 2.75) is 12.0 Å². The number of nitrogens with zero attached hydrogens (tertiary/aromatic N) is 2. The van der Waals surface area contributed by atoms with Gasteiger partial charge in [-0.15, -0.1) is 0 Å². The van der Waals surface area contributed by atoms with Crippen LogP contribution in [0.1, 0.15) is 16.8 Å². The highest BCUT2D eigenvalue weighted by atomic mass is 16.4. The molecule has 0 saturated carbocycles. The van der Waals surface area contributed by atoms with Gasteiger partial charge in [-0.3, -0.25) is 14.6 Å². The standard InChI is InChI=1S/C11H13N3O4/c12-11(10(17)18)2-4-14(6-11)9(16)7-1-3-13-5-8(7)15/h1,3,5,15H,2,4,6,12H2,(H,17,18). The molecule has 0 aromatic carbocycles. The third-order valence-corrected chi connectivity index (χ3v) is 3.04. The summed E-state index contributed by atoms with van der Waals surface area (Å²) in [6, 6.07) is 1.38. The van der Waals surface area contributed by atoms with Crippen LogP contribution in [0.2, 0.25) is 0 Å². The predicted molar refractivity (Wildman–Crippen MR) is 61.0 cm³/mol. The molecule has 2 heterocycles. The number of hydrogen-bond donors (Lipinski definition) is 3. The molecular formula is C11H13N3O4. The Morgan fingerprint density at radius 3 is 2.78 bits per heavy atom. The highest BCUT2D eigenvalue weighted by Crippen LogP contribution is 2.23. The summed E-state index contributed by atoms with van der Waals surface area (Å²) < 4.78 is 0. The number of aliphatic carboxylic acids is 1. The van der Waals surface area contributed by atoms with Crippen LogP contribution in [0.4, 0.5) is 0 Å². The molecule has 1 fully saturated rings. The van der Waals surface area contributed by atoms with E-state index in [4.69, 9.17) is 10.8 Å². The quantitative estimate of drug-likeness (QED) is 0.647. The molecule has 1 aliphatic rings. The average molecular weight is 251 g/mol. The van der Waals surface area contributed by atoms with E-state index in [0.717, 1.165) is 6.20 Å². The summed E-state index contributed by atoms with van der Waals surface area (Å²) >= 11 is 0. The van der Waals surface area contributed by atoms with Crippen LogP contribution in [0, 0.1) is 0 Å². The highest BCUT2D eigenvalue weighted by molar-refractivity contribution is 5.97. The Hall–Kier alpha value is -2.15. The van der Waals surface area contributed by atoms with Crippen molar-refractivity contribution in [1.82, 2.24) is 9.88 Å². The summed E-state index contributed by atoms with van der Waals surface area (Å²) in [6.45, 7) is 0.187. The molecule has 7 nitrogen and oxygen atoms in total. The number of carboxylic acid groups (broad SMARTS) is 1. The van der Waals surface area contributed by atoms with Crippen molar-refractivity contribution in [3.05, 3.63) is 24.0 Å². The molecule has 18 heavy (non-hydrogen) atoms. The van der Waals surface area contributed by atoms with Gasteiger partial charge in [0.1, 0.15) is 11.3 Å². The topological polar surface area (TPSA) is 117 Å². The van der Waals surface area contributed by atoms with Crippen LogP contribution in [-0.2, 0) is 4.79 Å². The van der Waals surface area contributed by atoms with Crippen LogP contribution >= 0.6 is 0 Å². The second kappa shape index (κ2) is 4.26. The summed E-state index contributed by atoms with van der Waals surface area (Å²) in [7, 11) is 0. The molecule has 0 bridgehead atoms. The molecule has 7 heteroatoms. The first kappa shape index (κ1) is 12.3. The van der Waals surface area contributed by atoms with E-state index in [-0.39, 0.29) is 30.8 Å². The molecule has 1 unspecified atom stereocenters. The molecule has 1 aliphatic heterocycles. The van der Waals surface area contributed by atoms with Crippen LogP contribution in [-0.4, -0.2) is 50.6 Å². The van der Waals surface area contributed by atoms with Gasteiger partial charge in [0.05, 0.1) is 11.8 Å². The van der Waals surface area contributed by atoms with Crippen LogP contribution in [0.3, 0.4) is 0 Å². The van der Waals surface area contributed by atoms with Gasteiger partial charge in [-0.05, 0) is 12.5 Å². The number of amides is 1. The molecule has 1 aromatic heterocycles. The second-order valence-electron chi connectivity index (χ2n) is 4.33. The zero-order valence-corrected chi connectivity index (χ0v) is 9.54. The van der Waals surface area contributed by atoms with Gasteiger partial charge in [-0.1, -0.05) is 0 Å². The number of rotatable bonds is 2. The fraction of sp³-hybridized carbons (Fsp3) is 0.364. The largest absolute Gasteiger partial charge is 0.505 e. The SMILES string of the molecule is NC1(C(=O)O)CCN(C(=O)c2ccncc2O)C1. The Kier molecular flexibility index (Phi) is 2.92. The smallest absolute Gasteiger partial charge is 0.325 e. The minimum atomic E-state index is -1.40. The molecule has 0 aliphatic carbocycles. The number of carbonyl (C=O) groups excluding carboxylic acids is 1. The Bertz CT molecular complexity index is 505. The van der Waals surface area contributed by atoms with Gasteiger partial charge < -0.3 is 20.8 Å². The number of carbonyl (C=O) groups is 2. The normalized spacial score (nSPS) is 23.1. The Balaban J connectivity index is 2.18. The van der Waals surface area contributed by atoms with Crippen molar-refractivity contribution in [3.63, 3.8) is 0 Å². The van der Waals surface area contributed by atoms with Gasteiger partial charge in [0.2, 0.25) is 0 Å². The number of nitrogens with two attached hydrogens (primary N) is 1. The number of aromatic hydroxyl groups is 1. The second-order valence-corrected chi connectivity index (χ2v) is 4.33. The van der Waals surface area contributed by atoms with Crippen molar-refractivity contribution in [2.75, 3.05) is 13.1 Å². The van der Waals surface area contributed by atoms with Crippen LogP contribution in [0.5, 0.6) is 5.75 Å². The Morgan fingerprint density at radius 1 is 1.50 bits per heavy atom. The number of pyridine rings is 1. The first-order valence-corrected chi connectivity index (χ1v) is 5.38. The van der Waals surface area contributed by atoms with Crippen LogP contribution < -0.4 is 5.73 Å². The van der Waals surface area contributed by atoms with Crippen molar-refractivity contribution in [1.29, 1.82) is 0 Å². The maximum atomic E-state index is 12.1. The number of likely N-dealkylation sites (tertiary alicyclic amines) is 1. The summed E-state index contributed by atoms with van der Waals surface area (Å²) in [5, 5.41) is 18.5. The summed E-state index contributed by atoms with van der Waals surface area (Å²) in [5.41, 5.74) is 4.37. The number of carboxylic acids is 1. The minimum Gasteiger partial charge on any atom is -0.505 e. The third kappa shape index (κ3) is 2.00. The average Bonchev–Trinajstić information content (AvgIpc) is 2.73. The summed E-state index contributed by atoms with van der Waals surface area (Å²) in [6.07, 6.45) is 2.74. The molecular weight excluding hydrogens is 238 g/mol. The first-order chi connectivity index (χ1) is 8.44. The summed E-state index contributed by atoms with van der Waals surface area (Å²) in [4.78, 5) is 28.0. The zero-order valence-electron chi connectivity index (χ0n) is 9.54. The highest BCUT2D eigenvalue weighted by Gasteiger charge is 2.43. The molecule has 1 atom stereocenters. The van der Waals surface area contributed by atoms with Gasteiger partial charge in [0, 0.05) is 19.3 Å². The molecule has 4 N–H and O–H groups in total. The van der Waals surface area contributed by atoms with E-state index in [1.54, 1.807) is 0 Å². The van der Waals surface area contributed by atoms with E-state index in [9.17, 15) is 14.7 Å². The van der Waals surface area contributed by atoms with E-state index < -0.39 is 17.4 Å². The predicted octanol–water partition coefficient (Wildman–Crippen LogP) is -0.585. The molecule has 1 aromatic rings. The van der Waals surface area contributed by atoms with Crippen molar-refractivity contribution in [2.24, 2.45) is 5.73 Å². The Morgan fingerprint density at radius 2 is 2.22 bits per heavy atom. The van der Waals surface area contributed by atoms with Crippen molar-refractivity contribution < 1.29 is 19.8 Å². The molecule has 2 rings (SSSR count). The zero-order chi connectivity index (χ0) is 13.3. The van der Waals surface area contributed by atoms with Crippen molar-refractivity contribution >= 4 is 11.9 Å². The van der Waals surface area contributed by atoms with Gasteiger partial charge in [-0.2, -0.15) is 0 Å². The van der Waals surface area contributed by atoms with E-state index in [1.807, 2.05) is 0 Å². The third-order valence-electron chi connectivity index (χ3n) is 3.04. The fourth-order valence-electron chi connectivity index (χ4n) is 1.92. The van der Waals surface area contributed by atoms with Gasteiger partial charge in [-0.25, -0.2) is 0 Å². The van der Waals surface area contributed by atoms with Crippen molar-refractivity contribution in [3.8, 4) is 5.75 Å². The van der Waals surface area contributed by atoms with Crippen LogP contribution in [0.25, 0.3) is 0 Å². The van der Waals surface area contributed by atoms with E-state index in [2.05, 4.69) is 4.98 Å². The lowest BCUT2D eigenvalue weighted by Crippen LogP contribution is -2.50. The number of hydrogen-bond acceptors (Lipinski definition) is 5. The van der Waals surface area contributed by atoms with E-state index >= 15 is 0 Å². The van der Waals surface area contributed by atoms with Gasteiger partial charge >= 0.3 is 5.97 Å². The molecule has 1 saturated heterocycles. The lowest BCUT2D eigenvalue weighted by molar-refractivity contribution is -0.142. The Labute approximate surface area is 103 Å². The fourth-order valence-corrected chi connectivity index (χ4v) is 1.92.